The third kappa shape index (κ3) is 7.65. The molecule has 0 aliphatic heterocycles. The third-order valence-electron chi connectivity index (χ3n) is 8.11. The van der Waals surface area contributed by atoms with Crippen molar-refractivity contribution in [1.29, 1.82) is 0 Å². The summed E-state index contributed by atoms with van der Waals surface area (Å²) in [5.74, 6) is 0.366. The molecule has 3 heteroatoms. The summed E-state index contributed by atoms with van der Waals surface area (Å²) in [7, 11) is 0. The Morgan fingerprint density at radius 3 is 2.15 bits per heavy atom. The summed E-state index contributed by atoms with van der Waals surface area (Å²) in [5.41, 5.74) is 5.81. The topological polar surface area (TPSA) is 37.3 Å². The molecule has 0 amide bonds. The Hall–Kier alpha value is -2.88. The van der Waals surface area contributed by atoms with Crippen molar-refractivity contribution >= 4 is 23.8 Å². The fourth-order valence-corrected chi connectivity index (χ4v) is 6.28. The van der Waals surface area contributed by atoms with Crippen LogP contribution in [0.15, 0.2) is 96.6 Å². The number of hydrogen-bond donors (Lipinski definition) is 2. The van der Waals surface area contributed by atoms with E-state index in [1.807, 2.05) is 63.3 Å². The number of benzene rings is 3. The normalized spacial score (nSPS) is 24.2. The van der Waals surface area contributed by atoms with Crippen LogP contribution in [0, 0.1) is 5.92 Å². The zero-order valence-corrected chi connectivity index (χ0v) is 25.8. The largest absolute Gasteiger partial charge is 0.386 e. The van der Waals surface area contributed by atoms with Crippen molar-refractivity contribution in [2.45, 2.75) is 84.2 Å². The second-order valence-electron chi connectivity index (χ2n) is 11.3. The highest BCUT2D eigenvalue weighted by Gasteiger charge is 2.52. The van der Waals surface area contributed by atoms with Crippen molar-refractivity contribution in [3.8, 4) is 0 Å². The Labute approximate surface area is 247 Å². The van der Waals surface area contributed by atoms with Crippen LogP contribution in [0.25, 0.3) is 6.08 Å². The summed E-state index contributed by atoms with van der Waals surface area (Å²) in [6.45, 7) is 10.2. The van der Waals surface area contributed by atoms with Crippen molar-refractivity contribution in [2.75, 3.05) is 0 Å². The summed E-state index contributed by atoms with van der Waals surface area (Å²) in [6, 6.07) is 27.1. The second-order valence-corrected chi connectivity index (χ2v) is 11.7. The summed E-state index contributed by atoms with van der Waals surface area (Å²) >= 11 is 4.06. The molecule has 2 nitrogen and oxygen atoms in total. The molecule has 0 heterocycles. The van der Waals surface area contributed by atoms with Gasteiger partial charge in [-0.25, -0.2) is 0 Å². The monoisotopic (exact) mass is 554 g/mol. The first-order valence-corrected chi connectivity index (χ1v) is 15.1. The van der Waals surface area contributed by atoms with Gasteiger partial charge in [-0.1, -0.05) is 111 Å². The molecule has 5 rings (SSSR count). The molecule has 0 aromatic heterocycles. The van der Waals surface area contributed by atoms with Gasteiger partial charge in [-0.05, 0) is 92.7 Å². The van der Waals surface area contributed by atoms with E-state index in [1.54, 1.807) is 0 Å². The molecule has 1 saturated carbocycles. The van der Waals surface area contributed by atoms with Crippen LogP contribution in [0.4, 0.5) is 0 Å². The summed E-state index contributed by atoms with van der Waals surface area (Å²) in [6.07, 6.45) is 11.8. The SMILES string of the molecule is C/C=C\C.CCC.C[C@]1(O)CC2CCc3cc(C(=O)S)ccc3C2(Cc2ccccc2)C/C1=C\c1ccccc1. The molecule has 1 N–H and O–H groups in total. The summed E-state index contributed by atoms with van der Waals surface area (Å²) in [4.78, 5) is 11.9. The zero-order chi connectivity index (χ0) is 29.2. The number of carbonyl (C=O) groups excluding carboxylic acids is 1. The van der Waals surface area contributed by atoms with E-state index in [2.05, 4.69) is 81.1 Å². The highest BCUT2D eigenvalue weighted by atomic mass is 32.1. The van der Waals surface area contributed by atoms with E-state index >= 15 is 0 Å². The van der Waals surface area contributed by atoms with Crippen LogP contribution < -0.4 is 0 Å². The minimum absolute atomic E-state index is 0.115. The number of allylic oxidation sites excluding steroid dienone is 2. The Morgan fingerprint density at radius 2 is 1.57 bits per heavy atom. The van der Waals surface area contributed by atoms with E-state index in [9.17, 15) is 9.90 Å². The molecule has 2 unspecified atom stereocenters. The highest BCUT2D eigenvalue weighted by molar-refractivity contribution is 7.97. The van der Waals surface area contributed by atoms with Crippen molar-refractivity contribution < 1.29 is 9.90 Å². The Balaban J connectivity index is 0.000000569. The maximum atomic E-state index is 11.9. The molecule has 2 aliphatic carbocycles. The van der Waals surface area contributed by atoms with Crippen molar-refractivity contribution in [3.63, 3.8) is 0 Å². The Morgan fingerprint density at radius 1 is 0.975 bits per heavy atom. The van der Waals surface area contributed by atoms with Gasteiger partial charge in [0.1, 0.15) is 0 Å². The van der Waals surface area contributed by atoms with Crippen LogP contribution in [0.1, 0.15) is 92.9 Å². The van der Waals surface area contributed by atoms with E-state index in [4.69, 9.17) is 0 Å². The lowest BCUT2D eigenvalue weighted by Crippen LogP contribution is -2.51. The number of fused-ring (bicyclic) bond motifs is 3. The average molecular weight is 555 g/mol. The van der Waals surface area contributed by atoms with Gasteiger partial charge in [0.15, 0.2) is 0 Å². The molecular weight excluding hydrogens is 508 g/mol. The molecular formula is C37H46O2S. The molecule has 2 aliphatic rings. The number of hydrogen-bond acceptors (Lipinski definition) is 2. The smallest absolute Gasteiger partial charge is 0.216 e. The van der Waals surface area contributed by atoms with Gasteiger partial charge in [-0.2, -0.15) is 0 Å². The van der Waals surface area contributed by atoms with Gasteiger partial charge in [0.2, 0.25) is 5.12 Å². The molecule has 0 saturated heterocycles. The average Bonchev–Trinajstić information content (AvgIpc) is 2.95. The van der Waals surface area contributed by atoms with E-state index in [1.165, 1.54) is 23.1 Å². The van der Waals surface area contributed by atoms with E-state index < -0.39 is 5.60 Å². The predicted molar refractivity (Wildman–Crippen MR) is 174 cm³/mol. The van der Waals surface area contributed by atoms with Gasteiger partial charge in [0.05, 0.1) is 5.60 Å². The maximum Gasteiger partial charge on any atom is 0.216 e. The van der Waals surface area contributed by atoms with Crippen molar-refractivity contribution in [2.24, 2.45) is 5.92 Å². The molecule has 3 aromatic rings. The molecule has 40 heavy (non-hydrogen) atoms. The van der Waals surface area contributed by atoms with E-state index in [-0.39, 0.29) is 10.5 Å². The molecule has 0 spiro atoms. The van der Waals surface area contributed by atoms with Crippen LogP contribution in [0.5, 0.6) is 0 Å². The first-order valence-electron chi connectivity index (χ1n) is 14.7. The van der Waals surface area contributed by atoms with Gasteiger partial charge in [0, 0.05) is 11.0 Å². The summed E-state index contributed by atoms with van der Waals surface area (Å²) in [5, 5.41) is 11.4. The van der Waals surface area contributed by atoms with Crippen LogP contribution in [0.3, 0.4) is 0 Å². The molecule has 3 aromatic carbocycles. The highest BCUT2D eigenvalue weighted by Crippen LogP contribution is 2.56. The molecule has 0 radical (unpaired) electrons. The predicted octanol–water partition coefficient (Wildman–Crippen LogP) is 9.43. The maximum absolute atomic E-state index is 11.9. The molecule has 3 atom stereocenters. The van der Waals surface area contributed by atoms with E-state index in [0.717, 1.165) is 43.2 Å². The lowest BCUT2D eigenvalue weighted by molar-refractivity contribution is 0.0104. The van der Waals surface area contributed by atoms with Crippen LogP contribution in [-0.4, -0.2) is 15.8 Å². The Bertz CT molecular complexity index is 1290. The van der Waals surface area contributed by atoms with E-state index in [0.29, 0.717) is 11.5 Å². The van der Waals surface area contributed by atoms with Crippen LogP contribution in [-0.2, 0) is 18.3 Å². The quantitative estimate of drug-likeness (QED) is 0.249. The molecule has 212 valence electrons. The lowest BCUT2D eigenvalue weighted by Gasteiger charge is -2.54. The zero-order valence-electron chi connectivity index (χ0n) is 24.9. The number of rotatable bonds is 4. The standard InChI is InChI=1S/C30H30O2S.C4H8.C3H8/c1-29(32)19-25-14-12-23-17-24(28(31)33)13-15-27(23)30(25,18-22-10-6-3-7-11-22)20-26(29)16-21-8-4-2-5-9-21;1-3-4-2;1-3-2/h2-11,13,15-17,25,32H,12,14,18-20H2,1H3,(H,31,33);3-4H,1-2H3;3H2,1-2H3/b26-16+;4-3-;/t25?,29-,30?;;/m0../s1. The fourth-order valence-electron chi connectivity index (χ4n) is 6.14. The van der Waals surface area contributed by atoms with Crippen LogP contribution >= 0.6 is 12.6 Å². The van der Waals surface area contributed by atoms with Crippen molar-refractivity contribution in [3.05, 3.63) is 124 Å². The molecule has 0 bridgehead atoms. The van der Waals surface area contributed by atoms with Gasteiger partial charge in [0.25, 0.3) is 0 Å². The first-order chi connectivity index (χ1) is 19.2. The summed E-state index contributed by atoms with van der Waals surface area (Å²) < 4.78 is 0. The minimum atomic E-state index is -0.834. The number of aryl methyl sites for hydroxylation is 1. The first kappa shape index (κ1) is 31.6. The minimum Gasteiger partial charge on any atom is -0.386 e. The Kier molecular flexibility index (Phi) is 11.6. The van der Waals surface area contributed by atoms with Crippen molar-refractivity contribution in [1.82, 2.24) is 0 Å². The van der Waals surface area contributed by atoms with Gasteiger partial charge < -0.3 is 5.11 Å². The fraction of sp³-hybridized carbons (Fsp3) is 0.378. The second kappa shape index (κ2) is 14.7. The number of thiol groups is 1. The lowest BCUT2D eigenvalue weighted by atomic mass is 9.51. The number of aliphatic hydroxyl groups is 1. The van der Waals surface area contributed by atoms with Gasteiger partial charge in [-0.15, -0.1) is 12.6 Å². The van der Waals surface area contributed by atoms with Crippen LogP contribution in [0.2, 0.25) is 0 Å². The molecule has 1 fully saturated rings. The van der Waals surface area contributed by atoms with Gasteiger partial charge >= 0.3 is 0 Å². The van der Waals surface area contributed by atoms with Gasteiger partial charge in [-0.3, -0.25) is 4.79 Å². The number of carbonyl (C=O) groups is 1. The third-order valence-corrected chi connectivity index (χ3v) is 8.37.